The third-order valence-electron chi connectivity index (χ3n) is 2.02. The van der Waals surface area contributed by atoms with Gasteiger partial charge in [0, 0.05) is 26.2 Å². The Morgan fingerprint density at radius 1 is 1.33 bits per heavy atom. The summed E-state index contributed by atoms with van der Waals surface area (Å²) in [5.74, 6) is 0. The molecular weight excluding hydrogens is 192 g/mol. The van der Waals surface area contributed by atoms with Gasteiger partial charge in [0.05, 0.1) is 12.7 Å². The van der Waals surface area contributed by atoms with Crippen LogP contribution in [0.25, 0.3) is 0 Å². The van der Waals surface area contributed by atoms with E-state index in [-0.39, 0.29) is 6.10 Å². The van der Waals surface area contributed by atoms with Crippen LogP contribution >= 0.6 is 0 Å². The molecule has 0 heterocycles. The van der Waals surface area contributed by atoms with Crippen LogP contribution in [0.2, 0.25) is 0 Å². The summed E-state index contributed by atoms with van der Waals surface area (Å²) in [5.41, 5.74) is 0. The number of likely N-dealkylation sites (N-methyl/N-ethyl adjacent to an activating group) is 1. The van der Waals surface area contributed by atoms with Crippen LogP contribution in [0.1, 0.15) is 19.8 Å². The predicted molar refractivity (Wildman–Crippen MR) is 63.2 cm³/mol. The summed E-state index contributed by atoms with van der Waals surface area (Å²) in [4.78, 5) is 1.98. The monoisotopic (exact) mass is 218 g/mol. The highest BCUT2D eigenvalue weighted by molar-refractivity contribution is 4.61. The highest BCUT2D eigenvalue weighted by Crippen LogP contribution is 1.87. The second-order valence-corrected chi connectivity index (χ2v) is 4.09. The Labute approximate surface area is 93.6 Å². The molecule has 1 atom stereocenters. The molecule has 0 rings (SSSR count). The molecule has 0 spiro atoms. The van der Waals surface area contributed by atoms with Crippen LogP contribution in [0.15, 0.2) is 0 Å². The molecule has 0 aliphatic rings. The van der Waals surface area contributed by atoms with Gasteiger partial charge in [-0.2, -0.15) is 0 Å². The standard InChI is InChI=1S/C11H26N2O2/c1-4-5-7-15-8-6-12-9-11(14)10-13(2)3/h11-12,14H,4-10H2,1-3H3. The van der Waals surface area contributed by atoms with Crippen molar-refractivity contribution in [1.29, 1.82) is 0 Å². The molecule has 0 saturated carbocycles. The zero-order chi connectivity index (χ0) is 11.5. The Morgan fingerprint density at radius 3 is 2.67 bits per heavy atom. The summed E-state index contributed by atoms with van der Waals surface area (Å²) in [5, 5.41) is 12.7. The Morgan fingerprint density at radius 2 is 2.07 bits per heavy atom. The molecule has 0 amide bonds. The zero-order valence-corrected chi connectivity index (χ0v) is 10.3. The molecule has 0 radical (unpaired) electrons. The van der Waals surface area contributed by atoms with Crippen molar-refractivity contribution >= 4 is 0 Å². The van der Waals surface area contributed by atoms with Gasteiger partial charge in [0.1, 0.15) is 0 Å². The fourth-order valence-electron chi connectivity index (χ4n) is 1.25. The number of nitrogens with zero attached hydrogens (tertiary/aromatic N) is 1. The number of rotatable bonds is 10. The number of aliphatic hydroxyl groups is 1. The van der Waals surface area contributed by atoms with E-state index >= 15 is 0 Å². The van der Waals surface area contributed by atoms with Crippen molar-refractivity contribution < 1.29 is 9.84 Å². The summed E-state index contributed by atoms with van der Waals surface area (Å²) < 4.78 is 5.38. The summed E-state index contributed by atoms with van der Waals surface area (Å²) in [6.07, 6.45) is 2.01. The number of ether oxygens (including phenoxy) is 1. The van der Waals surface area contributed by atoms with Crippen molar-refractivity contribution in [2.24, 2.45) is 0 Å². The fourth-order valence-corrected chi connectivity index (χ4v) is 1.25. The fraction of sp³-hybridized carbons (Fsp3) is 1.00. The first-order valence-electron chi connectivity index (χ1n) is 5.78. The number of hydrogen-bond donors (Lipinski definition) is 2. The van der Waals surface area contributed by atoms with E-state index in [0.717, 1.165) is 26.2 Å². The minimum Gasteiger partial charge on any atom is -0.390 e. The first kappa shape index (κ1) is 14.8. The lowest BCUT2D eigenvalue weighted by atomic mass is 10.3. The van der Waals surface area contributed by atoms with Crippen LogP contribution in [0, 0.1) is 0 Å². The van der Waals surface area contributed by atoms with E-state index in [4.69, 9.17) is 4.74 Å². The van der Waals surface area contributed by atoms with E-state index in [1.54, 1.807) is 0 Å². The number of aliphatic hydroxyl groups excluding tert-OH is 1. The molecule has 0 aromatic carbocycles. The molecule has 1 unspecified atom stereocenters. The normalized spacial score (nSPS) is 13.4. The van der Waals surface area contributed by atoms with Crippen LogP contribution in [0.5, 0.6) is 0 Å². The molecule has 2 N–H and O–H groups in total. The summed E-state index contributed by atoms with van der Waals surface area (Å²) in [7, 11) is 3.91. The molecule has 0 aromatic rings. The van der Waals surface area contributed by atoms with Gasteiger partial charge in [-0.15, -0.1) is 0 Å². The van der Waals surface area contributed by atoms with Gasteiger partial charge in [0.2, 0.25) is 0 Å². The van der Waals surface area contributed by atoms with E-state index < -0.39 is 0 Å². The van der Waals surface area contributed by atoms with Gasteiger partial charge in [-0.1, -0.05) is 13.3 Å². The number of hydrogen-bond acceptors (Lipinski definition) is 4. The molecular formula is C11H26N2O2. The lowest BCUT2D eigenvalue weighted by Crippen LogP contribution is -2.36. The lowest BCUT2D eigenvalue weighted by Gasteiger charge is -2.16. The zero-order valence-electron chi connectivity index (χ0n) is 10.3. The van der Waals surface area contributed by atoms with E-state index in [1.165, 1.54) is 6.42 Å². The quantitative estimate of drug-likeness (QED) is 0.518. The molecule has 0 fully saturated rings. The van der Waals surface area contributed by atoms with E-state index in [2.05, 4.69) is 12.2 Å². The van der Waals surface area contributed by atoms with Crippen LogP contribution in [-0.2, 0) is 4.74 Å². The third kappa shape index (κ3) is 11.8. The van der Waals surface area contributed by atoms with Gasteiger partial charge in [-0.25, -0.2) is 0 Å². The first-order valence-corrected chi connectivity index (χ1v) is 5.78. The SMILES string of the molecule is CCCCOCCNCC(O)CN(C)C. The molecule has 0 saturated heterocycles. The maximum Gasteiger partial charge on any atom is 0.0791 e. The minimum atomic E-state index is -0.296. The Bertz CT molecular complexity index is 132. The summed E-state index contributed by atoms with van der Waals surface area (Å²) >= 11 is 0. The topological polar surface area (TPSA) is 44.7 Å². The Balaban J connectivity index is 3.09. The van der Waals surface area contributed by atoms with Gasteiger partial charge in [-0.05, 0) is 20.5 Å². The molecule has 0 aliphatic heterocycles. The predicted octanol–water partition coefficient (Wildman–Crippen LogP) is 0.315. The average molecular weight is 218 g/mol. The largest absolute Gasteiger partial charge is 0.390 e. The van der Waals surface area contributed by atoms with Gasteiger partial charge in [0.25, 0.3) is 0 Å². The average Bonchev–Trinajstić information content (AvgIpc) is 2.15. The number of unbranched alkanes of at least 4 members (excludes halogenated alkanes) is 1. The van der Waals surface area contributed by atoms with Gasteiger partial charge < -0.3 is 20.1 Å². The van der Waals surface area contributed by atoms with Gasteiger partial charge in [0.15, 0.2) is 0 Å². The van der Waals surface area contributed by atoms with Gasteiger partial charge >= 0.3 is 0 Å². The van der Waals surface area contributed by atoms with Crippen LogP contribution in [0.3, 0.4) is 0 Å². The van der Waals surface area contributed by atoms with Crippen LogP contribution in [0.4, 0.5) is 0 Å². The highest BCUT2D eigenvalue weighted by atomic mass is 16.5. The number of nitrogens with one attached hydrogen (secondary N) is 1. The molecule has 4 nitrogen and oxygen atoms in total. The van der Waals surface area contributed by atoms with Crippen molar-refractivity contribution in [2.45, 2.75) is 25.9 Å². The van der Waals surface area contributed by atoms with E-state index in [1.807, 2.05) is 19.0 Å². The lowest BCUT2D eigenvalue weighted by molar-refractivity contribution is 0.116. The summed E-state index contributed by atoms with van der Waals surface area (Å²) in [6, 6.07) is 0. The Hall–Kier alpha value is -0.160. The van der Waals surface area contributed by atoms with Gasteiger partial charge in [-0.3, -0.25) is 0 Å². The highest BCUT2D eigenvalue weighted by Gasteiger charge is 2.03. The molecule has 4 heteroatoms. The van der Waals surface area contributed by atoms with E-state index in [9.17, 15) is 5.11 Å². The maximum atomic E-state index is 9.52. The molecule has 0 aliphatic carbocycles. The second kappa shape index (κ2) is 10.4. The minimum absolute atomic E-state index is 0.296. The van der Waals surface area contributed by atoms with E-state index in [0.29, 0.717) is 13.1 Å². The summed E-state index contributed by atoms with van der Waals surface area (Å²) in [6.45, 7) is 5.87. The molecule has 92 valence electrons. The van der Waals surface area contributed by atoms with Crippen molar-refractivity contribution in [1.82, 2.24) is 10.2 Å². The van der Waals surface area contributed by atoms with Crippen LogP contribution < -0.4 is 5.32 Å². The third-order valence-corrected chi connectivity index (χ3v) is 2.02. The molecule has 15 heavy (non-hydrogen) atoms. The maximum absolute atomic E-state index is 9.52. The molecule has 0 bridgehead atoms. The van der Waals surface area contributed by atoms with Crippen molar-refractivity contribution in [3.05, 3.63) is 0 Å². The van der Waals surface area contributed by atoms with Crippen molar-refractivity contribution in [2.75, 3.05) is 46.9 Å². The molecule has 0 aromatic heterocycles. The van der Waals surface area contributed by atoms with Crippen LogP contribution in [-0.4, -0.2) is 63.1 Å². The van der Waals surface area contributed by atoms with Crippen molar-refractivity contribution in [3.63, 3.8) is 0 Å². The van der Waals surface area contributed by atoms with Crippen molar-refractivity contribution in [3.8, 4) is 0 Å². The first-order chi connectivity index (χ1) is 7.16. The second-order valence-electron chi connectivity index (χ2n) is 4.09. The Kier molecular flexibility index (Phi) is 10.3. The smallest absolute Gasteiger partial charge is 0.0791 e.